The van der Waals surface area contributed by atoms with Crippen LogP contribution in [-0.4, -0.2) is 35.2 Å². The van der Waals surface area contributed by atoms with Gasteiger partial charge >= 0.3 is 0 Å². The van der Waals surface area contributed by atoms with Gasteiger partial charge in [0.25, 0.3) is 11.8 Å². The van der Waals surface area contributed by atoms with Gasteiger partial charge in [-0.2, -0.15) is 0 Å². The molecule has 5 rings (SSSR count). The van der Waals surface area contributed by atoms with Crippen LogP contribution in [0.2, 0.25) is 0 Å². The van der Waals surface area contributed by atoms with Gasteiger partial charge in [-0.05, 0) is 55.5 Å². The number of halogens is 1. The van der Waals surface area contributed by atoms with Crippen molar-refractivity contribution in [1.29, 1.82) is 0 Å². The lowest BCUT2D eigenvalue weighted by molar-refractivity contribution is -0.114. The van der Waals surface area contributed by atoms with E-state index in [0.29, 0.717) is 44.7 Å². The van der Waals surface area contributed by atoms with Crippen molar-refractivity contribution in [2.24, 2.45) is 0 Å². The van der Waals surface area contributed by atoms with Crippen molar-refractivity contribution in [3.05, 3.63) is 98.9 Å². The van der Waals surface area contributed by atoms with Gasteiger partial charge < -0.3 is 20.7 Å². The summed E-state index contributed by atoms with van der Waals surface area (Å²) >= 11 is 4.61. The van der Waals surface area contributed by atoms with Crippen molar-refractivity contribution >= 4 is 56.8 Å². The van der Waals surface area contributed by atoms with Gasteiger partial charge in [0.2, 0.25) is 5.91 Å². The molecular formula is C27H23BrN4O4S. The van der Waals surface area contributed by atoms with Crippen LogP contribution in [-0.2, 0) is 9.59 Å². The summed E-state index contributed by atoms with van der Waals surface area (Å²) in [5.74, 6) is -0.694. The molecule has 0 saturated carbocycles. The number of hydrogen-bond donors (Lipinski definition) is 3. The Morgan fingerprint density at radius 3 is 2.59 bits per heavy atom. The first-order valence-corrected chi connectivity index (χ1v) is 13.2. The number of ether oxygens (including phenoxy) is 1. The Morgan fingerprint density at radius 2 is 1.84 bits per heavy atom. The Bertz CT molecular complexity index is 1480. The van der Waals surface area contributed by atoms with Crippen LogP contribution in [0.25, 0.3) is 0 Å². The molecule has 2 aliphatic rings. The Morgan fingerprint density at radius 1 is 1.08 bits per heavy atom. The van der Waals surface area contributed by atoms with E-state index in [2.05, 4.69) is 31.9 Å². The highest BCUT2D eigenvalue weighted by Gasteiger charge is 2.44. The number of methoxy groups -OCH3 is 1. The van der Waals surface area contributed by atoms with Gasteiger partial charge in [-0.3, -0.25) is 19.0 Å². The third-order valence-electron chi connectivity index (χ3n) is 6.13. The van der Waals surface area contributed by atoms with Crippen LogP contribution >= 0.6 is 27.7 Å². The van der Waals surface area contributed by atoms with Crippen LogP contribution < -0.4 is 20.7 Å². The summed E-state index contributed by atoms with van der Waals surface area (Å²) < 4.78 is 7.84. The van der Waals surface area contributed by atoms with E-state index in [-0.39, 0.29) is 23.5 Å². The highest BCUT2D eigenvalue weighted by molar-refractivity contribution is 9.10. The predicted octanol–water partition coefficient (Wildman–Crippen LogP) is 5.10. The van der Waals surface area contributed by atoms with Crippen LogP contribution in [0.1, 0.15) is 23.3 Å². The van der Waals surface area contributed by atoms with Crippen molar-refractivity contribution in [2.45, 2.75) is 12.8 Å². The maximum Gasteiger partial charge on any atom is 0.261 e. The number of hydrogen-bond acceptors (Lipinski definition) is 6. The molecule has 3 heterocycles. The van der Waals surface area contributed by atoms with E-state index in [1.54, 1.807) is 48.0 Å². The topological polar surface area (TPSA) is 101 Å². The molecule has 0 saturated heterocycles. The molecule has 37 heavy (non-hydrogen) atoms. The summed E-state index contributed by atoms with van der Waals surface area (Å²) in [5, 5.41) is 9.58. The van der Waals surface area contributed by atoms with Crippen LogP contribution in [0.4, 0.5) is 11.4 Å². The van der Waals surface area contributed by atoms with Gasteiger partial charge in [-0.25, -0.2) is 0 Å². The van der Waals surface area contributed by atoms with E-state index in [1.165, 1.54) is 18.9 Å². The molecule has 2 aliphatic heterocycles. The average molecular weight is 579 g/mol. The molecule has 10 heteroatoms. The Kier molecular flexibility index (Phi) is 6.94. The minimum Gasteiger partial charge on any atom is -0.495 e. The number of nitrogens with one attached hydrogen (secondary N) is 3. The lowest BCUT2D eigenvalue weighted by atomic mass is 9.86. The van der Waals surface area contributed by atoms with E-state index in [0.717, 1.165) is 4.47 Å². The summed E-state index contributed by atoms with van der Waals surface area (Å²) in [4.78, 5) is 39.5. The molecule has 1 unspecified atom stereocenters. The number of rotatable bonds is 7. The lowest BCUT2D eigenvalue weighted by Crippen LogP contribution is -2.31. The number of thioether (sulfide) groups is 1. The Labute approximate surface area is 226 Å². The molecule has 0 fully saturated rings. The number of carbonyl (C=O) groups is 3. The predicted molar refractivity (Wildman–Crippen MR) is 148 cm³/mol. The molecule has 188 valence electrons. The molecule has 2 amide bonds. The third kappa shape index (κ3) is 4.82. The van der Waals surface area contributed by atoms with Crippen LogP contribution in [0.5, 0.6) is 5.75 Å². The molecule has 1 atom stereocenters. The van der Waals surface area contributed by atoms with Gasteiger partial charge in [0.05, 0.1) is 35.1 Å². The molecule has 0 aliphatic carbocycles. The number of carbonyl (C=O) groups excluding carboxylic acids is 3. The van der Waals surface area contributed by atoms with Gasteiger partial charge in [0.1, 0.15) is 5.75 Å². The fourth-order valence-corrected chi connectivity index (χ4v) is 5.68. The number of fused-ring (bicyclic) bond motifs is 3. The highest BCUT2D eigenvalue weighted by Crippen LogP contribution is 2.46. The van der Waals surface area contributed by atoms with E-state index >= 15 is 0 Å². The van der Waals surface area contributed by atoms with Crippen LogP contribution in [0.3, 0.4) is 0 Å². The summed E-state index contributed by atoms with van der Waals surface area (Å²) in [6.45, 7) is 1.80. The number of anilines is 2. The second-order valence-corrected chi connectivity index (χ2v) is 10.3. The van der Waals surface area contributed by atoms with E-state index in [4.69, 9.17) is 4.74 Å². The molecule has 3 aromatic rings. The largest absolute Gasteiger partial charge is 0.495 e. The SMILES string of the molecule is COc1ccccc1NC(=O)C1=C(C)NC(SCC(=O)Nc2ccc(Br)cc2)=C2C(=O)n3cccc3C12. The van der Waals surface area contributed by atoms with Crippen molar-refractivity contribution < 1.29 is 19.1 Å². The summed E-state index contributed by atoms with van der Waals surface area (Å²) in [7, 11) is 1.54. The second kappa shape index (κ2) is 10.3. The smallest absolute Gasteiger partial charge is 0.261 e. The van der Waals surface area contributed by atoms with E-state index in [9.17, 15) is 14.4 Å². The van der Waals surface area contributed by atoms with Crippen LogP contribution in [0.15, 0.2) is 93.2 Å². The first kappa shape index (κ1) is 24.9. The molecular weight excluding hydrogens is 556 g/mol. The summed E-state index contributed by atoms with van der Waals surface area (Å²) in [6, 6.07) is 18.1. The zero-order valence-corrected chi connectivity index (χ0v) is 22.4. The van der Waals surface area contributed by atoms with Crippen molar-refractivity contribution in [1.82, 2.24) is 9.88 Å². The lowest BCUT2D eigenvalue weighted by Gasteiger charge is -2.27. The number of amides is 2. The maximum absolute atomic E-state index is 13.5. The number of benzene rings is 2. The normalized spacial score (nSPS) is 16.2. The van der Waals surface area contributed by atoms with Gasteiger partial charge in [0.15, 0.2) is 0 Å². The minimum absolute atomic E-state index is 0.0901. The molecule has 8 nitrogen and oxygen atoms in total. The molecule has 0 bridgehead atoms. The molecule has 2 aromatic carbocycles. The van der Waals surface area contributed by atoms with Crippen molar-refractivity contribution in [2.75, 3.05) is 23.5 Å². The first-order chi connectivity index (χ1) is 17.9. The van der Waals surface area contributed by atoms with Gasteiger partial charge in [-0.15, -0.1) is 0 Å². The van der Waals surface area contributed by atoms with Gasteiger partial charge in [0, 0.05) is 33.3 Å². The second-order valence-electron chi connectivity index (χ2n) is 8.45. The maximum atomic E-state index is 13.5. The van der Waals surface area contributed by atoms with Crippen molar-refractivity contribution in [3.63, 3.8) is 0 Å². The zero-order valence-electron chi connectivity index (χ0n) is 20.0. The number of dihydropyridines is 1. The summed E-state index contributed by atoms with van der Waals surface area (Å²) in [5.41, 5.74) is 3.43. The average Bonchev–Trinajstić information content (AvgIpc) is 3.47. The Hall–Kier alpha value is -3.76. The number of nitrogens with zero attached hydrogens (tertiary/aromatic N) is 1. The van der Waals surface area contributed by atoms with Gasteiger partial charge in [-0.1, -0.05) is 39.8 Å². The van der Waals surface area contributed by atoms with E-state index in [1.807, 2.05) is 30.3 Å². The minimum atomic E-state index is -0.560. The highest BCUT2D eigenvalue weighted by atomic mass is 79.9. The molecule has 0 spiro atoms. The van der Waals surface area contributed by atoms with Crippen LogP contribution in [0, 0.1) is 0 Å². The molecule has 0 radical (unpaired) electrons. The quantitative estimate of drug-likeness (QED) is 0.361. The fourth-order valence-electron chi connectivity index (χ4n) is 4.48. The molecule has 1 aromatic heterocycles. The zero-order chi connectivity index (χ0) is 26.1. The number of para-hydroxylation sites is 2. The fraction of sp³-hybridized carbons (Fsp3) is 0.148. The monoisotopic (exact) mass is 578 g/mol. The number of aromatic nitrogens is 1. The molecule has 3 N–H and O–H groups in total. The van der Waals surface area contributed by atoms with Crippen molar-refractivity contribution in [3.8, 4) is 5.75 Å². The third-order valence-corrected chi connectivity index (χ3v) is 7.67. The Balaban J connectivity index is 1.41. The van der Waals surface area contributed by atoms with E-state index < -0.39 is 5.92 Å². The summed E-state index contributed by atoms with van der Waals surface area (Å²) in [6.07, 6.45) is 1.69. The number of allylic oxidation sites excluding steroid dienone is 2. The first-order valence-electron chi connectivity index (χ1n) is 11.4. The standard InChI is InChI=1S/C27H23BrN4O4S/c1-15-22(25(34)31-18-6-3-4-8-20(18)36-2)23-19-7-5-13-32(19)27(35)24(23)26(29-15)37-14-21(33)30-17-11-9-16(28)10-12-17/h3-13,23,29H,14H2,1-2H3,(H,30,33)(H,31,34).